The van der Waals surface area contributed by atoms with Gasteiger partial charge in [0.1, 0.15) is 5.69 Å². The fraction of sp³-hybridized carbons (Fsp3) is 0.136. The molecule has 2 N–H and O–H groups in total. The third kappa shape index (κ3) is 3.46. The summed E-state index contributed by atoms with van der Waals surface area (Å²) in [5.74, 6) is -0.263. The van der Waals surface area contributed by atoms with Gasteiger partial charge in [-0.1, -0.05) is 53.3 Å². The van der Waals surface area contributed by atoms with Crippen molar-refractivity contribution in [3.8, 4) is 0 Å². The molecule has 0 spiro atoms. The van der Waals surface area contributed by atoms with Gasteiger partial charge in [-0.05, 0) is 24.3 Å². The minimum atomic E-state index is -0.273. The number of hydrogen-bond donors (Lipinski definition) is 2. The molecule has 30 heavy (non-hydrogen) atoms. The number of carbonyl (C=O) groups is 2. The van der Waals surface area contributed by atoms with Gasteiger partial charge < -0.3 is 9.88 Å². The number of aromatic nitrogens is 2. The van der Waals surface area contributed by atoms with Crippen LogP contribution < -0.4 is 5.32 Å². The Labute approximate surface area is 181 Å². The average molecular weight is 437 g/mol. The number of thiazole rings is 1. The van der Waals surface area contributed by atoms with Gasteiger partial charge >= 0.3 is 0 Å². The van der Waals surface area contributed by atoms with Gasteiger partial charge in [0.05, 0.1) is 22.8 Å². The highest BCUT2D eigenvalue weighted by Gasteiger charge is 2.25. The first-order valence-corrected chi connectivity index (χ1v) is 10.7. The Morgan fingerprint density at radius 1 is 1.13 bits per heavy atom. The SMILES string of the molecule is O=C(Nc1nc2c(s1)CN(C(=O)c1ccccc1)CC2)c1cc2cccc(Cl)c2[nH]1. The number of nitrogens with one attached hydrogen (secondary N) is 2. The zero-order valence-electron chi connectivity index (χ0n) is 15.8. The van der Waals surface area contributed by atoms with Crippen molar-refractivity contribution >= 4 is 50.8 Å². The minimum absolute atomic E-state index is 0.00944. The Hall–Kier alpha value is -3.16. The number of benzene rings is 2. The van der Waals surface area contributed by atoms with E-state index in [0.29, 0.717) is 40.9 Å². The molecule has 1 aliphatic heterocycles. The number of amides is 2. The molecule has 0 unspecified atom stereocenters. The van der Waals surface area contributed by atoms with Crippen molar-refractivity contribution in [2.75, 3.05) is 11.9 Å². The molecule has 6 nitrogen and oxygen atoms in total. The Balaban J connectivity index is 1.32. The maximum absolute atomic E-state index is 12.7. The van der Waals surface area contributed by atoms with Crippen LogP contribution in [0.3, 0.4) is 0 Å². The normalized spacial score (nSPS) is 13.3. The van der Waals surface area contributed by atoms with Gasteiger partial charge in [0, 0.05) is 28.8 Å². The van der Waals surface area contributed by atoms with Crippen LogP contribution in [0.2, 0.25) is 5.02 Å². The predicted octanol–water partition coefficient (Wildman–Crippen LogP) is 4.73. The van der Waals surface area contributed by atoms with Crippen LogP contribution in [0.1, 0.15) is 31.4 Å². The zero-order valence-corrected chi connectivity index (χ0v) is 17.4. The Morgan fingerprint density at radius 2 is 1.97 bits per heavy atom. The molecule has 2 aromatic heterocycles. The number of halogens is 1. The van der Waals surface area contributed by atoms with E-state index in [4.69, 9.17) is 11.6 Å². The summed E-state index contributed by atoms with van der Waals surface area (Å²) in [5, 5.41) is 4.84. The molecule has 3 heterocycles. The number of hydrogen-bond acceptors (Lipinski definition) is 4. The third-order valence-electron chi connectivity index (χ3n) is 5.11. The topological polar surface area (TPSA) is 78.1 Å². The number of anilines is 1. The van der Waals surface area contributed by atoms with E-state index in [1.54, 1.807) is 12.1 Å². The van der Waals surface area contributed by atoms with Crippen molar-refractivity contribution in [1.82, 2.24) is 14.9 Å². The highest BCUT2D eigenvalue weighted by atomic mass is 35.5. The first-order valence-electron chi connectivity index (χ1n) is 9.50. The summed E-state index contributed by atoms with van der Waals surface area (Å²) in [6.07, 6.45) is 0.669. The van der Waals surface area contributed by atoms with Crippen molar-refractivity contribution in [2.24, 2.45) is 0 Å². The smallest absolute Gasteiger partial charge is 0.273 e. The third-order valence-corrected chi connectivity index (χ3v) is 6.42. The standard InChI is InChI=1S/C22H17ClN4O2S/c23-15-8-4-7-14-11-17(24-19(14)15)20(28)26-22-25-16-9-10-27(12-18(16)30-22)21(29)13-5-2-1-3-6-13/h1-8,11,24H,9-10,12H2,(H,25,26,28). The summed E-state index contributed by atoms with van der Waals surface area (Å²) < 4.78 is 0. The number of aromatic amines is 1. The molecule has 150 valence electrons. The maximum atomic E-state index is 12.7. The monoisotopic (exact) mass is 436 g/mol. The number of para-hydroxylation sites is 1. The van der Waals surface area contributed by atoms with Crippen LogP contribution >= 0.6 is 22.9 Å². The van der Waals surface area contributed by atoms with Crippen LogP contribution in [-0.4, -0.2) is 33.2 Å². The van der Waals surface area contributed by atoms with E-state index in [0.717, 1.165) is 21.5 Å². The fourth-order valence-corrected chi connectivity index (χ4v) is 4.84. The first-order chi connectivity index (χ1) is 14.6. The van der Waals surface area contributed by atoms with E-state index < -0.39 is 0 Å². The molecule has 0 fully saturated rings. The number of rotatable bonds is 3. The van der Waals surface area contributed by atoms with E-state index in [-0.39, 0.29) is 11.8 Å². The van der Waals surface area contributed by atoms with Crippen molar-refractivity contribution in [3.63, 3.8) is 0 Å². The number of fused-ring (bicyclic) bond motifs is 2. The molecule has 0 saturated heterocycles. The lowest BCUT2D eigenvalue weighted by Gasteiger charge is -2.26. The van der Waals surface area contributed by atoms with E-state index in [1.165, 1.54) is 11.3 Å². The second kappa shape index (κ2) is 7.59. The molecule has 4 aromatic rings. The van der Waals surface area contributed by atoms with Crippen molar-refractivity contribution in [2.45, 2.75) is 13.0 Å². The molecular weight excluding hydrogens is 420 g/mol. The molecular formula is C22H17ClN4O2S. The van der Waals surface area contributed by atoms with Crippen molar-refractivity contribution in [1.29, 1.82) is 0 Å². The van der Waals surface area contributed by atoms with Crippen LogP contribution in [0.25, 0.3) is 10.9 Å². The predicted molar refractivity (Wildman–Crippen MR) is 118 cm³/mol. The molecule has 0 radical (unpaired) electrons. The van der Waals surface area contributed by atoms with Gasteiger partial charge in [-0.2, -0.15) is 0 Å². The van der Waals surface area contributed by atoms with Gasteiger partial charge in [0.2, 0.25) is 0 Å². The molecule has 8 heteroatoms. The molecule has 5 rings (SSSR count). The van der Waals surface area contributed by atoms with Gasteiger partial charge in [-0.25, -0.2) is 4.98 Å². The molecule has 1 aliphatic rings. The van der Waals surface area contributed by atoms with Crippen LogP contribution in [0.15, 0.2) is 54.6 Å². The second-order valence-corrected chi connectivity index (χ2v) is 8.56. The summed E-state index contributed by atoms with van der Waals surface area (Å²) in [4.78, 5) is 35.8. The molecule has 0 aliphatic carbocycles. The lowest BCUT2D eigenvalue weighted by Crippen LogP contribution is -2.35. The summed E-state index contributed by atoms with van der Waals surface area (Å²) in [6, 6.07) is 16.5. The largest absolute Gasteiger partial charge is 0.349 e. The number of nitrogens with zero attached hydrogens (tertiary/aromatic N) is 2. The minimum Gasteiger partial charge on any atom is -0.349 e. The lowest BCUT2D eigenvalue weighted by molar-refractivity contribution is 0.0736. The Morgan fingerprint density at radius 3 is 2.77 bits per heavy atom. The highest BCUT2D eigenvalue weighted by Crippen LogP contribution is 2.30. The van der Waals surface area contributed by atoms with Gasteiger partial charge in [0.15, 0.2) is 5.13 Å². The summed E-state index contributed by atoms with van der Waals surface area (Å²) in [7, 11) is 0. The van der Waals surface area contributed by atoms with Crippen LogP contribution in [-0.2, 0) is 13.0 Å². The molecule has 0 atom stereocenters. The first kappa shape index (κ1) is 18.8. The molecule has 0 saturated carbocycles. The quantitative estimate of drug-likeness (QED) is 0.487. The van der Waals surface area contributed by atoms with Crippen molar-refractivity contribution < 1.29 is 9.59 Å². The summed E-state index contributed by atoms with van der Waals surface area (Å²) in [6.45, 7) is 1.11. The Bertz CT molecular complexity index is 1260. The van der Waals surface area contributed by atoms with E-state index >= 15 is 0 Å². The van der Waals surface area contributed by atoms with Crippen LogP contribution in [0.4, 0.5) is 5.13 Å². The number of carbonyl (C=O) groups excluding carboxylic acids is 2. The van der Waals surface area contributed by atoms with Crippen LogP contribution in [0, 0.1) is 0 Å². The molecule has 0 bridgehead atoms. The van der Waals surface area contributed by atoms with E-state index in [2.05, 4.69) is 15.3 Å². The second-order valence-electron chi connectivity index (χ2n) is 7.07. The van der Waals surface area contributed by atoms with Crippen LogP contribution in [0.5, 0.6) is 0 Å². The summed E-state index contributed by atoms with van der Waals surface area (Å²) >= 11 is 7.59. The average Bonchev–Trinajstić information content (AvgIpc) is 3.38. The number of H-pyrrole nitrogens is 1. The van der Waals surface area contributed by atoms with Crippen molar-refractivity contribution in [3.05, 3.63) is 81.4 Å². The van der Waals surface area contributed by atoms with Gasteiger partial charge in [-0.15, -0.1) is 0 Å². The molecule has 2 aromatic carbocycles. The maximum Gasteiger partial charge on any atom is 0.273 e. The summed E-state index contributed by atoms with van der Waals surface area (Å²) in [5.41, 5.74) is 2.77. The van der Waals surface area contributed by atoms with Gasteiger partial charge in [0.25, 0.3) is 11.8 Å². The Kier molecular flexibility index (Phi) is 4.77. The van der Waals surface area contributed by atoms with E-state index in [1.807, 2.05) is 47.4 Å². The van der Waals surface area contributed by atoms with Gasteiger partial charge in [-0.3, -0.25) is 14.9 Å². The molecule has 2 amide bonds. The van der Waals surface area contributed by atoms with E-state index in [9.17, 15) is 9.59 Å². The highest BCUT2D eigenvalue weighted by molar-refractivity contribution is 7.15. The fourth-order valence-electron chi connectivity index (χ4n) is 3.59. The lowest BCUT2D eigenvalue weighted by atomic mass is 10.1. The zero-order chi connectivity index (χ0) is 20.7.